The van der Waals surface area contributed by atoms with Gasteiger partial charge in [-0.2, -0.15) is 0 Å². The number of hydrogen-bond acceptors (Lipinski definition) is 5. The Morgan fingerprint density at radius 1 is 1.18 bits per heavy atom. The lowest BCUT2D eigenvalue weighted by Gasteiger charge is -2.16. The van der Waals surface area contributed by atoms with Gasteiger partial charge in [-0.25, -0.2) is 0 Å². The minimum absolute atomic E-state index is 0.0321. The molecule has 1 aromatic carbocycles. The maximum atomic E-state index is 12.6. The number of hydrogen-bond donors (Lipinski definition) is 1. The second kappa shape index (κ2) is 8.39. The first-order valence-corrected chi connectivity index (χ1v) is 10.9. The van der Waals surface area contributed by atoms with Gasteiger partial charge in [0.2, 0.25) is 0 Å². The molecule has 1 aromatic heterocycles. The number of likely N-dealkylation sites (tertiary alicyclic amines) is 1. The van der Waals surface area contributed by atoms with Crippen molar-refractivity contribution in [3.05, 3.63) is 46.0 Å². The summed E-state index contributed by atoms with van der Waals surface area (Å²) in [6.45, 7) is 3.37. The zero-order valence-corrected chi connectivity index (χ0v) is 17.0. The number of rotatable bonds is 5. The fraction of sp³-hybridized carbons (Fsp3) is 0.524. The third-order valence-electron chi connectivity index (χ3n) is 5.85. The van der Waals surface area contributed by atoms with Gasteiger partial charge in [0.05, 0.1) is 5.69 Å². The van der Waals surface area contributed by atoms with Crippen LogP contribution in [0.1, 0.15) is 63.4 Å². The molecule has 6 nitrogen and oxygen atoms in total. The van der Waals surface area contributed by atoms with Crippen LogP contribution in [0.4, 0.5) is 0 Å². The fourth-order valence-electron chi connectivity index (χ4n) is 4.22. The molecular formula is C21H26N4O2S. The van der Waals surface area contributed by atoms with Gasteiger partial charge >= 0.3 is 0 Å². The summed E-state index contributed by atoms with van der Waals surface area (Å²) < 4.78 is 3.87. The Labute approximate surface area is 169 Å². The van der Waals surface area contributed by atoms with Gasteiger partial charge in [-0.1, -0.05) is 29.5 Å². The first kappa shape index (κ1) is 19.1. The number of nitrogens with zero attached hydrogens (tertiary/aromatic N) is 3. The van der Waals surface area contributed by atoms with Crippen molar-refractivity contribution in [2.24, 2.45) is 5.92 Å². The SMILES string of the molecule is Cc1nnsc1C(=O)N1CCC(Cc2ccc(C(=O)NC3CCCC3)cc2)C1. The predicted molar refractivity (Wildman–Crippen MR) is 109 cm³/mol. The van der Waals surface area contributed by atoms with E-state index in [-0.39, 0.29) is 11.8 Å². The number of aromatic nitrogens is 2. The second-order valence-corrected chi connectivity index (χ2v) is 8.70. The molecule has 1 N–H and O–H groups in total. The van der Waals surface area contributed by atoms with Gasteiger partial charge in [0.1, 0.15) is 4.88 Å². The van der Waals surface area contributed by atoms with Crippen LogP contribution >= 0.6 is 11.5 Å². The number of benzene rings is 1. The molecule has 0 spiro atoms. The summed E-state index contributed by atoms with van der Waals surface area (Å²) in [6, 6.07) is 8.27. The molecule has 0 radical (unpaired) electrons. The molecule has 148 valence electrons. The Morgan fingerprint density at radius 3 is 2.61 bits per heavy atom. The van der Waals surface area contributed by atoms with Crippen molar-refractivity contribution >= 4 is 23.3 Å². The van der Waals surface area contributed by atoms with Crippen LogP contribution in [0.25, 0.3) is 0 Å². The summed E-state index contributed by atoms with van der Waals surface area (Å²) in [5.41, 5.74) is 2.66. The van der Waals surface area contributed by atoms with E-state index in [4.69, 9.17) is 0 Å². The lowest BCUT2D eigenvalue weighted by molar-refractivity contribution is 0.0790. The standard InChI is InChI=1S/C21H26N4O2S/c1-14-19(28-24-23-14)21(27)25-11-10-16(13-25)12-15-6-8-17(9-7-15)20(26)22-18-4-2-3-5-18/h6-9,16,18H,2-5,10-13H2,1H3,(H,22,26). The van der Waals surface area contributed by atoms with Gasteiger partial charge in [-0.05, 0) is 67.8 Å². The molecule has 1 atom stereocenters. The summed E-state index contributed by atoms with van der Waals surface area (Å²) in [4.78, 5) is 27.5. The maximum Gasteiger partial charge on any atom is 0.267 e. The molecule has 2 aromatic rings. The summed E-state index contributed by atoms with van der Waals surface area (Å²) in [6.07, 6.45) is 6.54. The molecule has 0 bridgehead atoms. The Kier molecular flexibility index (Phi) is 5.71. The Balaban J connectivity index is 1.30. The summed E-state index contributed by atoms with van der Waals surface area (Å²) in [5.74, 6) is 0.529. The van der Waals surface area contributed by atoms with E-state index in [0.717, 1.165) is 44.3 Å². The average Bonchev–Trinajstić information content (AvgIpc) is 3.44. The van der Waals surface area contributed by atoms with E-state index < -0.39 is 0 Å². The van der Waals surface area contributed by atoms with Crippen molar-refractivity contribution in [2.75, 3.05) is 13.1 Å². The molecule has 2 amide bonds. The molecule has 1 saturated heterocycles. The van der Waals surface area contributed by atoms with Crippen molar-refractivity contribution in [2.45, 2.75) is 51.5 Å². The molecule has 1 saturated carbocycles. The predicted octanol–water partition coefficient (Wildman–Crippen LogP) is 3.22. The third kappa shape index (κ3) is 4.24. The Hall–Kier alpha value is -2.28. The Bertz CT molecular complexity index is 842. The molecule has 1 aliphatic heterocycles. The van der Waals surface area contributed by atoms with E-state index in [1.165, 1.54) is 29.9 Å². The van der Waals surface area contributed by atoms with Crippen molar-refractivity contribution in [3.63, 3.8) is 0 Å². The van der Waals surface area contributed by atoms with Crippen LogP contribution in [0.15, 0.2) is 24.3 Å². The zero-order chi connectivity index (χ0) is 19.5. The topological polar surface area (TPSA) is 75.2 Å². The summed E-state index contributed by atoms with van der Waals surface area (Å²) in [5, 5.41) is 7.07. The van der Waals surface area contributed by atoms with Gasteiger partial charge in [0.25, 0.3) is 11.8 Å². The van der Waals surface area contributed by atoms with Crippen molar-refractivity contribution in [1.82, 2.24) is 19.8 Å². The van der Waals surface area contributed by atoms with E-state index in [1.54, 1.807) is 0 Å². The smallest absolute Gasteiger partial charge is 0.267 e. The molecule has 1 aliphatic carbocycles. The molecule has 2 aliphatic rings. The molecule has 1 unspecified atom stereocenters. The van der Waals surface area contributed by atoms with Crippen molar-refractivity contribution in [3.8, 4) is 0 Å². The summed E-state index contributed by atoms with van der Waals surface area (Å²) >= 11 is 1.17. The van der Waals surface area contributed by atoms with Crippen LogP contribution in [-0.4, -0.2) is 45.4 Å². The molecule has 2 fully saturated rings. The van der Waals surface area contributed by atoms with Gasteiger partial charge < -0.3 is 10.2 Å². The van der Waals surface area contributed by atoms with E-state index in [2.05, 4.69) is 14.9 Å². The van der Waals surface area contributed by atoms with E-state index in [9.17, 15) is 9.59 Å². The van der Waals surface area contributed by atoms with Gasteiger partial charge in [-0.15, -0.1) is 5.10 Å². The number of carbonyl (C=O) groups is 2. The van der Waals surface area contributed by atoms with Gasteiger partial charge in [0, 0.05) is 24.7 Å². The minimum atomic E-state index is 0.0321. The van der Waals surface area contributed by atoms with E-state index in [0.29, 0.717) is 22.5 Å². The molecule has 7 heteroatoms. The van der Waals surface area contributed by atoms with Gasteiger partial charge in [-0.3, -0.25) is 9.59 Å². The normalized spacial score (nSPS) is 19.9. The van der Waals surface area contributed by atoms with Crippen molar-refractivity contribution in [1.29, 1.82) is 0 Å². The van der Waals surface area contributed by atoms with E-state index in [1.807, 2.05) is 36.1 Å². The monoisotopic (exact) mass is 398 g/mol. The van der Waals surface area contributed by atoms with Crippen LogP contribution in [0, 0.1) is 12.8 Å². The molecule has 4 rings (SSSR count). The maximum absolute atomic E-state index is 12.6. The molecular weight excluding hydrogens is 372 g/mol. The summed E-state index contributed by atoms with van der Waals surface area (Å²) in [7, 11) is 0. The van der Waals surface area contributed by atoms with Crippen LogP contribution in [-0.2, 0) is 6.42 Å². The highest BCUT2D eigenvalue weighted by Gasteiger charge is 2.29. The lowest BCUT2D eigenvalue weighted by Crippen LogP contribution is -2.32. The van der Waals surface area contributed by atoms with Crippen LogP contribution < -0.4 is 5.32 Å². The first-order chi connectivity index (χ1) is 13.6. The highest BCUT2D eigenvalue weighted by molar-refractivity contribution is 7.07. The molecule has 28 heavy (non-hydrogen) atoms. The Morgan fingerprint density at radius 2 is 1.93 bits per heavy atom. The quantitative estimate of drug-likeness (QED) is 0.839. The first-order valence-electron chi connectivity index (χ1n) is 10.1. The van der Waals surface area contributed by atoms with Crippen LogP contribution in [0.3, 0.4) is 0 Å². The highest BCUT2D eigenvalue weighted by Crippen LogP contribution is 2.24. The minimum Gasteiger partial charge on any atom is -0.349 e. The number of amides is 2. The molecule has 2 heterocycles. The lowest BCUT2D eigenvalue weighted by atomic mass is 9.98. The zero-order valence-electron chi connectivity index (χ0n) is 16.2. The average molecular weight is 399 g/mol. The third-order valence-corrected chi connectivity index (χ3v) is 6.67. The fourth-order valence-corrected chi connectivity index (χ4v) is 4.84. The van der Waals surface area contributed by atoms with Crippen LogP contribution in [0.5, 0.6) is 0 Å². The largest absolute Gasteiger partial charge is 0.349 e. The number of nitrogens with one attached hydrogen (secondary N) is 1. The number of aryl methyl sites for hydroxylation is 1. The second-order valence-electron chi connectivity index (χ2n) is 7.95. The van der Waals surface area contributed by atoms with Crippen LogP contribution in [0.2, 0.25) is 0 Å². The van der Waals surface area contributed by atoms with E-state index >= 15 is 0 Å². The van der Waals surface area contributed by atoms with Crippen molar-refractivity contribution < 1.29 is 9.59 Å². The van der Waals surface area contributed by atoms with Gasteiger partial charge in [0.15, 0.2) is 0 Å². The highest BCUT2D eigenvalue weighted by atomic mass is 32.1. The number of carbonyl (C=O) groups excluding carboxylic acids is 2.